The molecule has 2 N–H and O–H groups in total. The second-order valence-corrected chi connectivity index (χ2v) is 8.82. The zero-order chi connectivity index (χ0) is 19.6. The number of amides is 1. The van der Waals surface area contributed by atoms with Crippen LogP contribution in [0.2, 0.25) is 0 Å². The Morgan fingerprint density at radius 3 is 2.60 bits per heavy atom. The summed E-state index contributed by atoms with van der Waals surface area (Å²) in [6, 6.07) is 9.95. The zero-order valence-corrected chi connectivity index (χ0v) is 19.6. The number of nitrogens with two attached hydrogens (primary N) is 1. The van der Waals surface area contributed by atoms with Gasteiger partial charge in [-0.15, -0.1) is 36.2 Å². The van der Waals surface area contributed by atoms with Crippen molar-refractivity contribution < 1.29 is 9.53 Å². The minimum absolute atomic E-state index is 0. The highest BCUT2D eigenvalue weighted by atomic mass is 35.5. The van der Waals surface area contributed by atoms with Gasteiger partial charge in [0, 0.05) is 31.6 Å². The van der Waals surface area contributed by atoms with Crippen molar-refractivity contribution in [1.82, 2.24) is 14.8 Å². The molecule has 30 heavy (non-hydrogen) atoms. The van der Waals surface area contributed by atoms with E-state index in [0.29, 0.717) is 5.69 Å². The van der Waals surface area contributed by atoms with E-state index in [2.05, 4.69) is 29.1 Å². The van der Waals surface area contributed by atoms with Crippen molar-refractivity contribution in [2.24, 2.45) is 5.73 Å². The summed E-state index contributed by atoms with van der Waals surface area (Å²) in [7, 11) is 2.14. The first-order valence-electron chi connectivity index (χ1n) is 9.91. The van der Waals surface area contributed by atoms with Crippen molar-refractivity contribution >= 4 is 42.1 Å². The number of halogens is 2. The summed E-state index contributed by atoms with van der Waals surface area (Å²) in [4.78, 5) is 21.7. The van der Waals surface area contributed by atoms with E-state index in [1.165, 1.54) is 16.9 Å². The fourth-order valence-corrected chi connectivity index (χ4v) is 4.92. The number of hydrogen-bond acceptors (Lipinski definition) is 6. The van der Waals surface area contributed by atoms with Gasteiger partial charge in [0.15, 0.2) is 0 Å². The van der Waals surface area contributed by atoms with Crippen molar-refractivity contribution in [3.8, 4) is 0 Å². The van der Waals surface area contributed by atoms with Crippen molar-refractivity contribution in [2.45, 2.75) is 30.9 Å². The summed E-state index contributed by atoms with van der Waals surface area (Å²) in [5.41, 5.74) is 7.93. The average molecular weight is 473 g/mol. The van der Waals surface area contributed by atoms with Crippen molar-refractivity contribution in [1.29, 1.82) is 0 Å². The molecule has 2 aromatic rings. The molecule has 2 aliphatic rings. The maximum Gasteiger partial charge on any atom is 0.273 e. The lowest BCUT2D eigenvalue weighted by Gasteiger charge is -2.46. The fraction of sp³-hybridized carbons (Fsp3) is 0.524. The van der Waals surface area contributed by atoms with Crippen LogP contribution in [0, 0.1) is 0 Å². The number of aromatic nitrogens is 1. The molecule has 3 heterocycles. The quantitative estimate of drug-likeness (QED) is 0.739. The Labute approximate surface area is 194 Å². The SMILES string of the molecule is CN1CCOC2(CCN(C(=O)c3csc([C@@H](N)Cc4ccccc4)n3)CC2)C1.Cl.Cl. The lowest BCUT2D eigenvalue weighted by molar-refractivity contribution is -0.127. The minimum Gasteiger partial charge on any atom is -0.372 e. The van der Waals surface area contributed by atoms with Crippen LogP contribution in [-0.2, 0) is 11.2 Å². The molecule has 2 fully saturated rings. The molecule has 2 saturated heterocycles. The molecule has 1 amide bonds. The van der Waals surface area contributed by atoms with Crippen LogP contribution < -0.4 is 5.73 Å². The van der Waals surface area contributed by atoms with Gasteiger partial charge >= 0.3 is 0 Å². The summed E-state index contributed by atoms with van der Waals surface area (Å²) in [6.07, 6.45) is 2.49. The van der Waals surface area contributed by atoms with Gasteiger partial charge < -0.3 is 20.3 Å². The smallest absolute Gasteiger partial charge is 0.273 e. The van der Waals surface area contributed by atoms with E-state index in [1.54, 1.807) is 0 Å². The van der Waals surface area contributed by atoms with Gasteiger partial charge in [-0.1, -0.05) is 30.3 Å². The van der Waals surface area contributed by atoms with E-state index in [1.807, 2.05) is 28.5 Å². The van der Waals surface area contributed by atoms with Gasteiger partial charge in [0.05, 0.1) is 18.2 Å². The number of carbonyl (C=O) groups is 1. The van der Waals surface area contributed by atoms with Crippen LogP contribution in [0.3, 0.4) is 0 Å². The Kier molecular flexibility index (Phi) is 9.09. The van der Waals surface area contributed by atoms with Gasteiger partial charge in [-0.25, -0.2) is 4.98 Å². The number of likely N-dealkylation sites (tertiary alicyclic amines) is 1. The van der Waals surface area contributed by atoms with Crippen LogP contribution in [-0.4, -0.2) is 66.1 Å². The molecule has 0 bridgehead atoms. The molecule has 9 heteroatoms. The number of hydrogen-bond donors (Lipinski definition) is 1. The predicted octanol–water partition coefficient (Wildman–Crippen LogP) is 3.17. The summed E-state index contributed by atoms with van der Waals surface area (Å²) < 4.78 is 6.09. The maximum absolute atomic E-state index is 12.9. The first kappa shape index (κ1) is 25.0. The standard InChI is InChI=1S/C21H28N4O2S.2ClH/c1-24-11-12-27-21(15-24)7-9-25(10-8-21)20(26)18-14-28-19(23-18)17(22)13-16-5-3-2-4-6-16;;/h2-6,14,17H,7-13,15,22H2,1H3;2*1H/t17-;;/m0../s1. The highest BCUT2D eigenvalue weighted by molar-refractivity contribution is 7.09. The van der Waals surface area contributed by atoms with E-state index in [0.717, 1.165) is 57.1 Å². The molecule has 1 spiro atoms. The van der Waals surface area contributed by atoms with Gasteiger partial charge in [0.25, 0.3) is 5.91 Å². The molecule has 4 rings (SSSR count). The van der Waals surface area contributed by atoms with Crippen LogP contribution >= 0.6 is 36.2 Å². The highest BCUT2D eigenvalue weighted by Crippen LogP contribution is 2.30. The topological polar surface area (TPSA) is 71.7 Å². The number of benzene rings is 1. The monoisotopic (exact) mass is 472 g/mol. The number of nitrogens with zero attached hydrogens (tertiary/aromatic N) is 3. The molecule has 6 nitrogen and oxygen atoms in total. The third-order valence-corrected chi connectivity index (χ3v) is 6.73. The van der Waals surface area contributed by atoms with Crippen LogP contribution in [0.4, 0.5) is 0 Å². The van der Waals surface area contributed by atoms with Gasteiger partial charge in [-0.3, -0.25) is 4.79 Å². The summed E-state index contributed by atoms with van der Waals surface area (Å²) in [6.45, 7) is 4.14. The number of carbonyl (C=O) groups excluding carboxylic acids is 1. The first-order chi connectivity index (χ1) is 13.5. The minimum atomic E-state index is -0.190. The van der Waals surface area contributed by atoms with E-state index in [9.17, 15) is 4.79 Å². The van der Waals surface area contributed by atoms with Gasteiger partial charge in [-0.2, -0.15) is 0 Å². The second kappa shape index (κ2) is 10.9. The Morgan fingerprint density at radius 2 is 1.93 bits per heavy atom. The fourth-order valence-electron chi connectivity index (χ4n) is 4.13. The van der Waals surface area contributed by atoms with E-state index < -0.39 is 0 Å². The van der Waals surface area contributed by atoms with E-state index in [4.69, 9.17) is 10.5 Å². The third-order valence-electron chi connectivity index (χ3n) is 5.76. The Bertz CT molecular complexity index is 812. The molecule has 0 radical (unpaired) electrons. The molecule has 166 valence electrons. The second-order valence-electron chi connectivity index (χ2n) is 7.93. The molecule has 0 aliphatic carbocycles. The van der Waals surface area contributed by atoms with Gasteiger partial charge in [0.1, 0.15) is 10.7 Å². The van der Waals surface area contributed by atoms with E-state index in [-0.39, 0.29) is 42.4 Å². The van der Waals surface area contributed by atoms with Crippen molar-refractivity contribution in [2.75, 3.05) is 39.8 Å². The molecule has 1 aromatic carbocycles. The van der Waals surface area contributed by atoms with Gasteiger partial charge in [-0.05, 0) is 31.9 Å². The Morgan fingerprint density at radius 1 is 1.23 bits per heavy atom. The maximum atomic E-state index is 12.9. The lowest BCUT2D eigenvalue weighted by atomic mass is 9.89. The number of thiazole rings is 1. The molecule has 0 unspecified atom stereocenters. The highest BCUT2D eigenvalue weighted by Gasteiger charge is 2.40. The Hall–Kier alpha value is -1.22. The van der Waals surface area contributed by atoms with Crippen molar-refractivity contribution in [3.63, 3.8) is 0 Å². The summed E-state index contributed by atoms with van der Waals surface area (Å²) in [5, 5.41) is 2.66. The number of rotatable bonds is 4. The van der Waals surface area contributed by atoms with Crippen molar-refractivity contribution in [3.05, 3.63) is 52.0 Å². The normalized spacial score (nSPS) is 19.6. The lowest BCUT2D eigenvalue weighted by Crippen LogP contribution is -2.56. The average Bonchev–Trinajstić information content (AvgIpc) is 3.19. The molecule has 1 aromatic heterocycles. The predicted molar refractivity (Wildman–Crippen MR) is 125 cm³/mol. The summed E-state index contributed by atoms with van der Waals surface area (Å²) in [5.74, 6) is 0.00780. The molecular weight excluding hydrogens is 443 g/mol. The molecule has 1 atom stereocenters. The number of likely N-dealkylation sites (N-methyl/N-ethyl adjacent to an activating group) is 1. The molecule has 0 saturated carbocycles. The van der Waals surface area contributed by atoms with Crippen LogP contribution in [0.15, 0.2) is 35.7 Å². The van der Waals surface area contributed by atoms with E-state index >= 15 is 0 Å². The summed E-state index contributed by atoms with van der Waals surface area (Å²) >= 11 is 1.48. The largest absolute Gasteiger partial charge is 0.372 e. The Balaban J connectivity index is 0.00000160. The van der Waals surface area contributed by atoms with Crippen LogP contribution in [0.25, 0.3) is 0 Å². The number of morpholine rings is 1. The number of ether oxygens (including phenoxy) is 1. The molecular formula is C21H30Cl2N4O2S. The third kappa shape index (κ3) is 5.72. The zero-order valence-electron chi connectivity index (χ0n) is 17.2. The van der Waals surface area contributed by atoms with Gasteiger partial charge in [0.2, 0.25) is 0 Å². The number of piperidine rings is 1. The van der Waals surface area contributed by atoms with Crippen LogP contribution in [0.1, 0.15) is 39.9 Å². The first-order valence-corrected chi connectivity index (χ1v) is 10.8. The van der Waals surface area contributed by atoms with Crippen LogP contribution in [0.5, 0.6) is 0 Å². The molecule has 2 aliphatic heterocycles.